The van der Waals surface area contributed by atoms with Crippen molar-refractivity contribution in [2.45, 2.75) is 20.1 Å². The molecular formula is C14H19N3O2. The first-order chi connectivity index (χ1) is 9.13. The van der Waals surface area contributed by atoms with E-state index < -0.39 is 0 Å². The first-order valence-corrected chi connectivity index (χ1v) is 6.12. The minimum Gasteiger partial charge on any atom is -0.493 e. The van der Waals surface area contributed by atoms with Gasteiger partial charge in [0.15, 0.2) is 11.5 Å². The minimum absolute atomic E-state index is 0.385. The van der Waals surface area contributed by atoms with Crippen LogP contribution in [-0.2, 0) is 20.2 Å². The van der Waals surface area contributed by atoms with E-state index in [1.165, 1.54) is 0 Å². The first-order valence-electron chi connectivity index (χ1n) is 6.12. The Morgan fingerprint density at radius 3 is 2.74 bits per heavy atom. The molecule has 1 heterocycles. The third-order valence-corrected chi connectivity index (χ3v) is 2.91. The van der Waals surface area contributed by atoms with Crippen molar-refractivity contribution >= 4 is 0 Å². The number of ether oxygens (including phenoxy) is 2. The number of hydrogen-bond donors (Lipinski definition) is 1. The number of nitrogens with two attached hydrogens (primary N) is 1. The number of benzene rings is 1. The van der Waals surface area contributed by atoms with Crippen LogP contribution in [0.2, 0.25) is 0 Å². The topological polar surface area (TPSA) is 62.3 Å². The highest BCUT2D eigenvalue weighted by atomic mass is 16.5. The van der Waals surface area contributed by atoms with Crippen LogP contribution in [0, 0.1) is 6.92 Å². The van der Waals surface area contributed by atoms with E-state index in [9.17, 15) is 0 Å². The van der Waals surface area contributed by atoms with Crippen LogP contribution in [0.3, 0.4) is 0 Å². The molecule has 1 aromatic heterocycles. The molecule has 0 saturated heterocycles. The summed E-state index contributed by atoms with van der Waals surface area (Å²) in [6, 6.07) is 5.83. The van der Waals surface area contributed by atoms with Crippen molar-refractivity contribution in [2.24, 2.45) is 12.8 Å². The average Bonchev–Trinajstić information content (AvgIpc) is 2.78. The molecular weight excluding hydrogens is 242 g/mol. The smallest absolute Gasteiger partial charge is 0.161 e. The Morgan fingerprint density at radius 2 is 2.11 bits per heavy atom. The summed E-state index contributed by atoms with van der Waals surface area (Å²) in [6.07, 6.45) is 1.91. The molecule has 2 aromatic rings. The van der Waals surface area contributed by atoms with Crippen molar-refractivity contribution in [1.29, 1.82) is 0 Å². The highest BCUT2D eigenvalue weighted by Gasteiger charge is 2.08. The number of hydrogen-bond acceptors (Lipinski definition) is 4. The molecule has 102 valence electrons. The Hall–Kier alpha value is -2.01. The molecule has 2 rings (SSSR count). The Balaban J connectivity index is 2.11. The third kappa shape index (κ3) is 3.06. The summed E-state index contributed by atoms with van der Waals surface area (Å²) in [4.78, 5) is 4.39. The summed E-state index contributed by atoms with van der Waals surface area (Å²) >= 11 is 0. The zero-order valence-electron chi connectivity index (χ0n) is 11.5. The van der Waals surface area contributed by atoms with Gasteiger partial charge >= 0.3 is 0 Å². The normalized spacial score (nSPS) is 10.5. The van der Waals surface area contributed by atoms with E-state index >= 15 is 0 Å². The molecule has 1 aromatic carbocycles. The Labute approximate surface area is 113 Å². The van der Waals surface area contributed by atoms with Gasteiger partial charge in [-0.1, -0.05) is 6.07 Å². The third-order valence-electron chi connectivity index (χ3n) is 2.91. The van der Waals surface area contributed by atoms with Gasteiger partial charge in [0.1, 0.15) is 12.4 Å². The Kier molecular flexibility index (Phi) is 4.06. The van der Waals surface area contributed by atoms with E-state index in [0.717, 1.165) is 22.8 Å². The molecule has 5 heteroatoms. The van der Waals surface area contributed by atoms with Gasteiger partial charge in [-0.2, -0.15) is 0 Å². The van der Waals surface area contributed by atoms with Crippen LogP contribution >= 0.6 is 0 Å². The zero-order chi connectivity index (χ0) is 13.8. The van der Waals surface area contributed by atoms with E-state index in [1.807, 2.05) is 42.9 Å². The monoisotopic (exact) mass is 261 g/mol. The number of rotatable bonds is 5. The highest BCUT2D eigenvalue weighted by Crippen LogP contribution is 2.28. The van der Waals surface area contributed by atoms with E-state index in [2.05, 4.69) is 4.98 Å². The van der Waals surface area contributed by atoms with Gasteiger partial charge in [-0.25, -0.2) is 4.98 Å². The van der Waals surface area contributed by atoms with Crippen LogP contribution in [0.25, 0.3) is 0 Å². The van der Waals surface area contributed by atoms with Crippen molar-refractivity contribution < 1.29 is 9.47 Å². The molecule has 0 unspecified atom stereocenters. The van der Waals surface area contributed by atoms with Crippen LogP contribution in [0.15, 0.2) is 24.4 Å². The van der Waals surface area contributed by atoms with Crippen molar-refractivity contribution in [2.75, 3.05) is 7.11 Å². The van der Waals surface area contributed by atoms with E-state index in [4.69, 9.17) is 15.2 Å². The predicted octanol–water partition coefficient (Wildman–Crippen LogP) is 1.77. The maximum absolute atomic E-state index is 5.76. The lowest BCUT2D eigenvalue weighted by atomic mass is 10.2. The standard InChI is InChI=1S/C14H19N3O2/c1-10-4-5-12(13(6-10)18-3)19-9-14-16-11(7-15)8-17(14)2/h4-6,8H,7,9,15H2,1-3H3. The molecule has 0 amide bonds. The van der Waals surface area contributed by atoms with Gasteiger partial charge in [-0.05, 0) is 24.6 Å². The number of aryl methyl sites for hydroxylation is 2. The van der Waals surface area contributed by atoms with E-state index in [1.54, 1.807) is 7.11 Å². The van der Waals surface area contributed by atoms with Crippen molar-refractivity contribution in [1.82, 2.24) is 9.55 Å². The molecule has 2 N–H and O–H groups in total. The minimum atomic E-state index is 0.385. The fourth-order valence-electron chi connectivity index (χ4n) is 1.84. The molecule has 0 bridgehead atoms. The number of aromatic nitrogens is 2. The molecule has 0 aliphatic rings. The fraction of sp³-hybridized carbons (Fsp3) is 0.357. The van der Waals surface area contributed by atoms with Crippen LogP contribution in [-0.4, -0.2) is 16.7 Å². The lowest BCUT2D eigenvalue weighted by molar-refractivity contribution is 0.273. The molecule has 0 spiro atoms. The maximum Gasteiger partial charge on any atom is 0.161 e. The summed E-state index contributed by atoms with van der Waals surface area (Å²) in [7, 11) is 3.56. The van der Waals surface area contributed by atoms with Gasteiger partial charge < -0.3 is 19.8 Å². The summed E-state index contributed by atoms with van der Waals surface area (Å²) < 4.78 is 13.0. The lowest BCUT2D eigenvalue weighted by Crippen LogP contribution is -2.04. The van der Waals surface area contributed by atoms with Gasteiger partial charge in [-0.15, -0.1) is 0 Å². The summed E-state index contributed by atoms with van der Waals surface area (Å²) in [5.41, 5.74) is 7.55. The second kappa shape index (κ2) is 5.75. The number of imidazole rings is 1. The number of methoxy groups -OCH3 is 1. The van der Waals surface area contributed by atoms with Gasteiger partial charge in [0.05, 0.1) is 12.8 Å². The average molecular weight is 261 g/mol. The molecule has 0 atom stereocenters. The van der Waals surface area contributed by atoms with Crippen molar-refractivity contribution in [3.05, 3.63) is 41.5 Å². The maximum atomic E-state index is 5.76. The summed E-state index contributed by atoms with van der Waals surface area (Å²) in [5, 5.41) is 0. The van der Waals surface area contributed by atoms with Crippen LogP contribution in [0.4, 0.5) is 0 Å². The zero-order valence-corrected chi connectivity index (χ0v) is 11.5. The molecule has 0 fully saturated rings. The van der Waals surface area contributed by atoms with E-state index in [-0.39, 0.29) is 0 Å². The van der Waals surface area contributed by atoms with Crippen LogP contribution in [0.1, 0.15) is 17.1 Å². The summed E-state index contributed by atoms with van der Waals surface area (Å²) in [5.74, 6) is 2.28. The van der Waals surface area contributed by atoms with Gasteiger partial charge in [0, 0.05) is 19.8 Å². The largest absolute Gasteiger partial charge is 0.493 e. The highest BCUT2D eigenvalue weighted by molar-refractivity contribution is 5.42. The molecule has 5 nitrogen and oxygen atoms in total. The second-order valence-corrected chi connectivity index (χ2v) is 4.41. The van der Waals surface area contributed by atoms with Gasteiger partial charge in [-0.3, -0.25) is 0 Å². The SMILES string of the molecule is COc1cc(C)ccc1OCc1nc(CN)cn1C. The van der Waals surface area contributed by atoms with Crippen LogP contribution < -0.4 is 15.2 Å². The second-order valence-electron chi connectivity index (χ2n) is 4.41. The van der Waals surface area contributed by atoms with Gasteiger partial charge in [0.2, 0.25) is 0 Å². The molecule has 0 radical (unpaired) electrons. The Morgan fingerprint density at radius 1 is 1.32 bits per heavy atom. The lowest BCUT2D eigenvalue weighted by Gasteiger charge is -2.11. The fourth-order valence-corrected chi connectivity index (χ4v) is 1.84. The van der Waals surface area contributed by atoms with Crippen molar-refractivity contribution in [3.63, 3.8) is 0 Å². The molecule has 19 heavy (non-hydrogen) atoms. The molecule has 0 saturated carbocycles. The quantitative estimate of drug-likeness (QED) is 0.891. The number of nitrogens with zero attached hydrogens (tertiary/aromatic N) is 2. The predicted molar refractivity (Wildman–Crippen MR) is 73.2 cm³/mol. The van der Waals surface area contributed by atoms with Gasteiger partial charge in [0.25, 0.3) is 0 Å². The molecule has 0 aliphatic carbocycles. The van der Waals surface area contributed by atoms with Crippen LogP contribution in [0.5, 0.6) is 11.5 Å². The van der Waals surface area contributed by atoms with E-state index in [0.29, 0.717) is 18.9 Å². The Bertz CT molecular complexity index is 564. The van der Waals surface area contributed by atoms with Crippen molar-refractivity contribution in [3.8, 4) is 11.5 Å². The first kappa shape index (κ1) is 13.4. The molecule has 0 aliphatic heterocycles. The summed E-state index contributed by atoms with van der Waals surface area (Å²) in [6.45, 7) is 2.83.